The van der Waals surface area contributed by atoms with Gasteiger partial charge in [-0.2, -0.15) is 0 Å². The van der Waals surface area contributed by atoms with Gasteiger partial charge in [0.05, 0.1) is 16.7 Å². The number of imide groups is 1. The Balaban J connectivity index is 0.00000216. The Morgan fingerprint density at radius 1 is 0.969 bits per heavy atom. The van der Waals surface area contributed by atoms with Crippen molar-refractivity contribution < 1.29 is 9.59 Å². The molecular weight excluding hydrogens is 424 g/mol. The number of rotatable bonds is 3. The lowest BCUT2D eigenvalue weighted by Gasteiger charge is -2.23. The highest BCUT2D eigenvalue weighted by Gasteiger charge is 2.36. The van der Waals surface area contributed by atoms with Gasteiger partial charge in [0.25, 0.3) is 11.8 Å². The number of nitrogens with two attached hydrogens (primary N) is 1. The molecule has 32 heavy (non-hydrogen) atoms. The van der Waals surface area contributed by atoms with E-state index >= 15 is 0 Å². The number of carbonyl (C=O) groups is 2. The Bertz CT molecular complexity index is 1460. The summed E-state index contributed by atoms with van der Waals surface area (Å²) >= 11 is 0. The molecule has 6 nitrogen and oxygen atoms in total. The molecule has 0 saturated carbocycles. The van der Waals surface area contributed by atoms with Crippen molar-refractivity contribution >= 4 is 57.2 Å². The summed E-state index contributed by atoms with van der Waals surface area (Å²) in [6, 6.07) is 14.1. The lowest BCUT2D eigenvalue weighted by Crippen LogP contribution is -2.25. The summed E-state index contributed by atoms with van der Waals surface area (Å²) in [6.07, 6.45) is 4.89. The van der Waals surface area contributed by atoms with Gasteiger partial charge in [0.15, 0.2) is 0 Å². The second-order valence-electron chi connectivity index (χ2n) is 8.52. The van der Waals surface area contributed by atoms with Gasteiger partial charge in [-0.15, -0.1) is 12.4 Å². The Labute approximate surface area is 191 Å². The van der Waals surface area contributed by atoms with E-state index in [1.165, 1.54) is 5.56 Å². The summed E-state index contributed by atoms with van der Waals surface area (Å²) < 4.78 is 4.19. The number of aryl methyl sites for hydroxylation is 1. The van der Waals surface area contributed by atoms with Crippen molar-refractivity contribution in [2.24, 2.45) is 18.7 Å². The maximum absolute atomic E-state index is 13.0. The van der Waals surface area contributed by atoms with Gasteiger partial charge in [0, 0.05) is 53.4 Å². The van der Waals surface area contributed by atoms with Crippen LogP contribution in [0.1, 0.15) is 16.7 Å². The van der Waals surface area contributed by atoms with Crippen molar-refractivity contribution in [3.63, 3.8) is 0 Å². The number of halogens is 1. The van der Waals surface area contributed by atoms with Crippen LogP contribution < -0.4 is 11.1 Å². The van der Waals surface area contributed by atoms with E-state index in [-0.39, 0.29) is 24.2 Å². The van der Waals surface area contributed by atoms with Crippen LogP contribution in [0.2, 0.25) is 0 Å². The number of nitrogens with zero attached hydrogens (tertiary/aromatic N) is 2. The highest BCUT2D eigenvalue weighted by Crippen LogP contribution is 2.40. The van der Waals surface area contributed by atoms with Gasteiger partial charge in [-0.3, -0.25) is 14.9 Å². The molecule has 0 bridgehead atoms. The molecule has 0 spiro atoms. The summed E-state index contributed by atoms with van der Waals surface area (Å²) in [4.78, 5) is 26.0. The van der Waals surface area contributed by atoms with Crippen LogP contribution in [0.25, 0.3) is 33.0 Å². The molecular formula is C25H23ClN4O2. The van der Waals surface area contributed by atoms with Crippen molar-refractivity contribution in [2.45, 2.75) is 13.0 Å². The lowest BCUT2D eigenvalue weighted by molar-refractivity contribution is -0.122. The number of carbonyl (C=O) groups excluding carboxylic acids is 2. The molecule has 6 rings (SSSR count). The molecule has 1 unspecified atom stereocenters. The Hall–Kier alpha value is -3.35. The SMILES string of the molecule is Cl.Cn1cc(C2=C(c3cn4c5c(cccc35)CC(CN)C4)C(=O)NC2=O)c2ccccc21. The van der Waals surface area contributed by atoms with Crippen LogP contribution in [0.15, 0.2) is 54.9 Å². The second-order valence-corrected chi connectivity index (χ2v) is 8.52. The quantitative estimate of drug-likeness (QED) is 0.474. The molecule has 2 amide bonds. The van der Waals surface area contributed by atoms with E-state index in [1.807, 2.05) is 60.4 Å². The maximum atomic E-state index is 13.0. The number of benzene rings is 2. The predicted octanol–water partition coefficient (Wildman–Crippen LogP) is 3.25. The van der Waals surface area contributed by atoms with Crippen molar-refractivity contribution in [3.05, 3.63) is 71.5 Å². The van der Waals surface area contributed by atoms with Crippen molar-refractivity contribution in [2.75, 3.05) is 6.54 Å². The first-order valence-electron chi connectivity index (χ1n) is 10.5. The van der Waals surface area contributed by atoms with Gasteiger partial charge >= 0.3 is 0 Å². The molecule has 1 atom stereocenters. The number of nitrogens with one attached hydrogen (secondary N) is 1. The third-order valence-corrected chi connectivity index (χ3v) is 6.65. The molecule has 4 heterocycles. The van der Waals surface area contributed by atoms with Crippen molar-refractivity contribution in [3.8, 4) is 0 Å². The minimum Gasteiger partial charge on any atom is -0.350 e. The van der Waals surface area contributed by atoms with E-state index in [1.54, 1.807) is 0 Å². The third-order valence-electron chi connectivity index (χ3n) is 6.65. The fraction of sp³-hybridized carbons (Fsp3) is 0.200. The van der Waals surface area contributed by atoms with Crippen LogP contribution in [0.3, 0.4) is 0 Å². The fourth-order valence-corrected chi connectivity index (χ4v) is 5.27. The molecule has 0 saturated heterocycles. The Morgan fingerprint density at radius 3 is 2.41 bits per heavy atom. The lowest BCUT2D eigenvalue weighted by atomic mass is 9.92. The Kier molecular flexibility index (Phi) is 4.73. The monoisotopic (exact) mass is 446 g/mol. The smallest absolute Gasteiger partial charge is 0.259 e. The zero-order valence-electron chi connectivity index (χ0n) is 17.6. The molecule has 162 valence electrons. The summed E-state index contributed by atoms with van der Waals surface area (Å²) in [5, 5.41) is 4.50. The number of hydrogen-bond acceptors (Lipinski definition) is 3. The predicted molar refractivity (Wildman–Crippen MR) is 128 cm³/mol. The molecule has 0 aliphatic carbocycles. The molecule has 0 radical (unpaired) electrons. The number of aromatic nitrogens is 2. The molecule has 3 N–H and O–H groups in total. The first-order chi connectivity index (χ1) is 15.1. The summed E-state index contributed by atoms with van der Waals surface area (Å²) in [6.45, 7) is 1.43. The molecule has 2 aromatic heterocycles. The van der Waals surface area contributed by atoms with Crippen molar-refractivity contribution in [1.82, 2.24) is 14.5 Å². The highest BCUT2D eigenvalue weighted by molar-refractivity contribution is 6.50. The largest absolute Gasteiger partial charge is 0.350 e. The van der Waals surface area contributed by atoms with E-state index in [2.05, 4.69) is 16.0 Å². The van der Waals surface area contributed by atoms with Gasteiger partial charge in [-0.1, -0.05) is 36.4 Å². The molecule has 4 aromatic rings. The highest BCUT2D eigenvalue weighted by atomic mass is 35.5. The van der Waals surface area contributed by atoms with E-state index < -0.39 is 0 Å². The molecule has 2 aromatic carbocycles. The zero-order valence-corrected chi connectivity index (χ0v) is 18.4. The number of para-hydroxylation sites is 2. The summed E-state index contributed by atoms with van der Waals surface area (Å²) in [5.41, 5.74) is 11.9. The molecule has 0 fully saturated rings. The average Bonchev–Trinajstić information content (AvgIpc) is 3.40. The van der Waals surface area contributed by atoms with E-state index in [4.69, 9.17) is 5.73 Å². The topological polar surface area (TPSA) is 82.0 Å². The standard InChI is InChI=1S/C25H22N4O2.ClH/c1-28-12-18(16-6-2-3-8-20(16)28)21-22(25(31)27-24(21)30)19-13-29-11-14(10-26)9-15-5-4-7-17(19)23(15)29;/h2-8,12-14H,9-11,26H2,1H3,(H,27,30,31);1H. The molecule has 7 heteroatoms. The summed E-state index contributed by atoms with van der Waals surface area (Å²) in [5.74, 6) is -0.320. The molecule has 2 aliphatic rings. The van der Waals surface area contributed by atoms with Gasteiger partial charge in [0.2, 0.25) is 0 Å². The minimum absolute atomic E-state index is 0. The van der Waals surface area contributed by atoms with Crippen LogP contribution in [-0.4, -0.2) is 27.5 Å². The minimum atomic E-state index is -0.344. The third kappa shape index (κ3) is 2.76. The van der Waals surface area contributed by atoms with Gasteiger partial charge in [0.1, 0.15) is 0 Å². The van der Waals surface area contributed by atoms with E-state index in [0.717, 1.165) is 45.9 Å². The fourth-order valence-electron chi connectivity index (χ4n) is 5.27. The zero-order chi connectivity index (χ0) is 21.3. The first-order valence-corrected chi connectivity index (χ1v) is 10.5. The number of fused-ring (bicyclic) bond motifs is 1. The second kappa shape index (κ2) is 7.36. The van der Waals surface area contributed by atoms with Crippen LogP contribution in [-0.2, 0) is 29.6 Å². The summed E-state index contributed by atoms with van der Waals surface area (Å²) in [7, 11) is 1.95. The van der Waals surface area contributed by atoms with Crippen LogP contribution in [0.5, 0.6) is 0 Å². The van der Waals surface area contributed by atoms with E-state index in [0.29, 0.717) is 23.6 Å². The Morgan fingerprint density at radius 2 is 1.66 bits per heavy atom. The molecule has 2 aliphatic heterocycles. The van der Waals surface area contributed by atoms with Crippen LogP contribution in [0.4, 0.5) is 0 Å². The van der Waals surface area contributed by atoms with Gasteiger partial charge < -0.3 is 14.9 Å². The van der Waals surface area contributed by atoms with Crippen LogP contribution >= 0.6 is 12.4 Å². The first kappa shape index (κ1) is 20.5. The van der Waals surface area contributed by atoms with E-state index in [9.17, 15) is 9.59 Å². The number of hydrogen-bond donors (Lipinski definition) is 2. The van der Waals surface area contributed by atoms with Gasteiger partial charge in [-0.25, -0.2) is 0 Å². The van der Waals surface area contributed by atoms with Crippen LogP contribution in [0, 0.1) is 5.92 Å². The number of amides is 2. The maximum Gasteiger partial charge on any atom is 0.259 e. The van der Waals surface area contributed by atoms with Crippen molar-refractivity contribution in [1.29, 1.82) is 0 Å². The van der Waals surface area contributed by atoms with Gasteiger partial charge in [-0.05, 0) is 30.5 Å². The normalized spacial score (nSPS) is 17.9. The average molecular weight is 447 g/mol.